The lowest BCUT2D eigenvalue weighted by atomic mass is 10.2. The molecule has 0 fully saturated rings. The van der Waals surface area contributed by atoms with Gasteiger partial charge in [-0.15, -0.1) is 5.10 Å². The Bertz CT molecular complexity index is 393. The Morgan fingerprint density at radius 1 is 1.47 bits per heavy atom. The summed E-state index contributed by atoms with van der Waals surface area (Å²) in [7, 11) is 0. The largest absolute Gasteiger partial charge is 0.330 e. The molecule has 4 nitrogen and oxygen atoms in total. The molecule has 0 saturated heterocycles. The second-order valence-corrected chi connectivity index (χ2v) is 4.21. The average molecular weight is 222 g/mol. The van der Waals surface area contributed by atoms with Crippen molar-refractivity contribution in [2.75, 3.05) is 6.54 Å². The van der Waals surface area contributed by atoms with Crippen LogP contribution in [0, 0.1) is 0 Å². The van der Waals surface area contributed by atoms with Crippen LogP contribution in [0.15, 0.2) is 23.0 Å². The predicted molar refractivity (Wildman–Crippen MR) is 60.8 cm³/mol. The zero-order valence-corrected chi connectivity index (χ0v) is 9.28. The van der Waals surface area contributed by atoms with Crippen LogP contribution < -0.4 is 5.73 Å². The van der Waals surface area contributed by atoms with Crippen molar-refractivity contribution in [1.29, 1.82) is 0 Å². The molecule has 80 valence electrons. The quantitative estimate of drug-likeness (QED) is 0.829. The second kappa shape index (κ2) is 5.04. The lowest BCUT2D eigenvalue weighted by Crippen LogP contribution is -2.00. The predicted octanol–water partition coefficient (Wildman–Crippen LogP) is 1.28. The van der Waals surface area contributed by atoms with Crippen molar-refractivity contribution in [3.8, 4) is 0 Å². The van der Waals surface area contributed by atoms with E-state index in [0.717, 1.165) is 25.1 Å². The van der Waals surface area contributed by atoms with E-state index in [0.29, 0.717) is 6.54 Å². The van der Waals surface area contributed by atoms with Crippen molar-refractivity contribution in [2.24, 2.45) is 5.73 Å². The van der Waals surface area contributed by atoms with E-state index >= 15 is 0 Å². The molecule has 2 N–H and O–H groups in total. The van der Waals surface area contributed by atoms with Crippen molar-refractivity contribution in [2.45, 2.75) is 19.4 Å². The molecule has 2 aromatic rings. The molecular formula is C10H14N4S. The molecule has 0 bridgehead atoms. The Balaban J connectivity index is 1.95. The van der Waals surface area contributed by atoms with Gasteiger partial charge in [0.05, 0.1) is 12.2 Å². The van der Waals surface area contributed by atoms with E-state index in [1.807, 2.05) is 10.9 Å². The first-order valence-corrected chi connectivity index (χ1v) is 5.93. The van der Waals surface area contributed by atoms with Crippen LogP contribution in [-0.2, 0) is 13.0 Å². The van der Waals surface area contributed by atoms with Gasteiger partial charge in [-0.05, 0) is 41.8 Å². The molecule has 0 aliphatic rings. The summed E-state index contributed by atoms with van der Waals surface area (Å²) in [5, 5.41) is 12.4. The molecule has 0 saturated carbocycles. The molecule has 2 heterocycles. The maximum Gasteiger partial charge on any atom is 0.0827 e. The first-order chi connectivity index (χ1) is 7.38. The Hall–Kier alpha value is -1.20. The van der Waals surface area contributed by atoms with E-state index in [2.05, 4.69) is 27.1 Å². The van der Waals surface area contributed by atoms with Gasteiger partial charge in [0, 0.05) is 6.20 Å². The third-order valence-electron chi connectivity index (χ3n) is 2.15. The fourth-order valence-corrected chi connectivity index (χ4v) is 2.04. The fourth-order valence-electron chi connectivity index (χ4n) is 1.38. The Kier molecular flexibility index (Phi) is 3.47. The second-order valence-electron chi connectivity index (χ2n) is 3.43. The molecule has 5 heteroatoms. The first-order valence-electron chi connectivity index (χ1n) is 4.98. The van der Waals surface area contributed by atoms with Gasteiger partial charge >= 0.3 is 0 Å². The Labute approximate surface area is 92.7 Å². The number of aryl methyl sites for hydroxylation is 1. The molecule has 15 heavy (non-hydrogen) atoms. The molecule has 0 aromatic carbocycles. The highest BCUT2D eigenvalue weighted by atomic mass is 32.1. The van der Waals surface area contributed by atoms with Crippen molar-refractivity contribution in [1.82, 2.24) is 15.0 Å². The van der Waals surface area contributed by atoms with Gasteiger partial charge in [0.1, 0.15) is 0 Å². The summed E-state index contributed by atoms with van der Waals surface area (Å²) in [4.78, 5) is 0. The van der Waals surface area contributed by atoms with Crippen LogP contribution in [-0.4, -0.2) is 21.5 Å². The van der Waals surface area contributed by atoms with E-state index < -0.39 is 0 Å². The normalized spacial score (nSPS) is 10.7. The smallest absolute Gasteiger partial charge is 0.0827 e. The van der Waals surface area contributed by atoms with Crippen LogP contribution in [0.4, 0.5) is 0 Å². The van der Waals surface area contributed by atoms with Gasteiger partial charge in [-0.2, -0.15) is 11.3 Å². The van der Waals surface area contributed by atoms with Crippen molar-refractivity contribution < 1.29 is 0 Å². The van der Waals surface area contributed by atoms with Gasteiger partial charge in [0.25, 0.3) is 0 Å². The van der Waals surface area contributed by atoms with Crippen LogP contribution in [0.2, 0.25) is 0 Å². The Morgan fingerprint density at radius 3 is 3.13 bits per heavy atom. The summed E-state index contributed by atoms with van der Waals surface area (Å²) in [6.45, 7) is 1.51. The number of nitrogens with zero attached hydrogens (tertiary/aromatic N) is 3. The van der Waals surface area contributed by atoms with Gasteiger partial charge < -0.3 is 5.73 Å². The summed E-state index contributed by atoms with van der Waals surface area (Å²) in [5.74, 6) is 0. The van der Waals surface area contributed by atoms with Gasteiger partial charge in [0.2, 0.25) is 0 Å². The average Bonchev–Trinajstić information content (AvgIpc) is 2.87. The van der Waals surface area contributed by atoms with E-state index in [9.17, 15) is 0 Å². The SMILES string of the molecule is NCCCc1cn(Cc2ccsc2)nn1. The summed E-state index contributed by atoms with van der Waals surface area (Å²) in [6.07, 6.45) is 3.88. The van der Waals surface area contributed by atoms with E-state index in [-0.39, 0.29) is 0 Å². The van der Waals surface area contributed by atoms with E-state index in [1.54, 1.807) is 11.3 Å². The molecular weight excluding hydrogens is 208 g/mol. The molecule has 0 unspecified atom stereocenters. The molecule has 0 amide bonds. The summed E-state index contributed by atoms with van der Waals surface area (Å²) in [5.41, 5.74) is 7.74. The first kappa shape index (κ1) is 10.3. The zero-order valence-electron chi connectivity index (χ0n) is 8.47. The van der Waals surface area contributed by atoms with Crippen LogP contribution >= 0.6 is 11.3 Å². The lowest BCUT2D eigenvalue weighted by Gasteiger charge is -1.95. The maximum atomic E-state index is 5.44. The lowest BCUT2D eigenvalue weighted by molar-refractivity contribution is 0.650. The van der Waals surface area contributed by atoms with Crippen LogP contribution in [0.5, 0.6) is 0 Å². The van der Waals surface area contributed by atoms with E-state index in [1.165, 1.54) is 5.56 Å². The van der Waals surface area contributed by atoms with Gasteiger partial charge in [-0.25, -0.2) is 4.68 Å². The Morgan fingerprint density at radius 2 is 2.40 bits per heavy atom. The van der Waals surface area contributed by atoms with Gasteiger partial charge in [-0.3, -0.25) is 0 Å². The summed E-state index contributed by atoms with van der Waals surface area (Å²) >= 11 is 1.70. The monoisotopic (exact) mass is 222 g/mol. The minimum Gasteiger partial charge on any atom is -0.330 e. The minimum atomic E-state index is 0.706. The number of aromatic nitrogens is 3. The topological polar surface area (TPSA) is 56.7 Å². The molecule has 0 radical (unpaired) electrons. The third kappa shape index (κ3) is 2.87. The standard InChI is InChI=1S/C10H14N4S/c11-4-1-2-10-7-14(13-12-10)6-9-3-5-15-8-9/h3,5,7-8H,1-2,4,6,11H2. The highest BCUT2D eigenvalue weighted by molar-refractivity contribution is 7.07. The summed E-state index contributed by atoms with van der Waals surface area (Å²) in [6, 6.07) is 2.10. The molecule has 0 aliphatic heterocycles. The number of thiophene rings is 1. The molecule has 0 aliphatic carbocycles. The molecule has 2 aromatic heterocycles. The number of nitrogens with two attached hydrogens (primary N) is 1. The highest BCUT2D eigenvalue weighted by Crippen LogP contribution is 2.07. The van der Waals surface area contributed by atoms with Crippen LogP contribution in [0.3, 0.4) is 0 Å². The van der Waals surface area contributed by atoms with E-state index in [4.69, 9.17) is 5.73 Å². The van der Waals surface area contributed by atoms with Crippen molar-refractivity contribution >= 4 is 11.3 Å². The molecule has 2 rings (SSSR count). The van der Waals surface area contributed by atoms with Crippen molar-refractivity contribution in [3.05, 3.63) is 34.3 Å². The maximum absolute atomic E-state index is 5.44. The number of hydrogen-bond donors (Lipinski definition) is 1. The van der Waals surface area contributed by atoms with Crippen molar-refractivity contribution in [3.63, 3.8) is 0 Å². The molecule has 0 spiro atoms. The van der Waals surface area contributed by atoms with Crippen LogP contribution in [0.1, 0.15) is 17.7 Å². The number of rotatable bonds is 5. The third-order valence-corrected chi connectivity index (χ3v) is 2.88. The van der Waals surface area contributed by atoms with Gasteiger partial charge in [-0.1, -0.05) is 5.21 Å². The highest BCUT2D eigenvalue weighted by Gasteiger charge is 2.01. The summed E-state index contributed by atoms with van der Waals surface area (Å²) < 4.78 is 1.87. The molecule has 0 atom stereocenters. The number of hydrogen-bond acceptors (Lipinski definition) is 4. The zero-order chi connectivity index (χ0) is 10.5. The van der Waals surface area contributed by atoms with Gasteiger partial charge in [0.15, 0.2) is 0 Å². The minimum absolute atomic E-state index is 0.706. The van der Waals surface area contributed by atoms with Crippen LogP contribution in [0.25, 0.3) is 0 Å². The fraction of sp³-hybridized carbons (Fsp3) is 0.400.